The molecule has 1 aromatic heterocycles. The molecular formula is C20H24N2O2S. The number of hydrogen-bond acceptors (Lipinski definition) is 3. The molecule has 0 N–H and O–H groups in total. The molecule has 4 nitrogen and oxygen atoms in total. The van der Waals surface area contributed by atoms with Crippen molar-refractivity contribution in [1.82, 2.24) is 9.80 Å². The lowest BCUT2D eigenvalue weighted by atomic mass is 9.83. The highest BCUT2D eigenvalue weighted by Gasteiger charge is 2.35. The summed E-state index contributed by atoms with van der Waals surface area (Å²) in [5.74, 6) is 0.279. The van der Waals surface area contributed by atoms with Crippen molar-refractivity contribution in [3.05, 3.63) is 58.3 Å². The molecule has 2 amide bonds. The first kappa shape index (κ1) is 17.7. The molecule has 132 valence electrons. The lowest BCUT2D eigenvalue weighted by Gasteiger charge is -2.38. The van der Waals surface area contributed by atoms with Crippen LogP contribution in [0.15, 0.2) is 47.8 Å². The molecule has 1 fully saturated rings. The summed E-state index contributed by atoms with van der Waals surface area (Å²) in [4.78, 5) is 30.2. The summed E-state index contributed by atoms with van der Waals surface area (Å²) < 4.78 is 0. The normalized spacial score (nSPS) is 15.3. The second-order valence-corrected chi connectivity index (χ2v) is 7.95. The second-order valence-electron chi connectivity index (χ2n) is 6.92. The maximum Gasteiger partial charge on any atom is 0.232 e. The molecule has 0 aliphatic carbocycles. The van der Waals surface area contributed by atoms with Crippen molar-refractivity contribution < 1.29 is 9.59 Å². The Morgan fingerprint density at radius 1 is 0.960 bits per heavy atom. The molecule has 1 aliphatic rings. The van der Waals surface area contributed by atoms with Gasteiger partial charge in [-0.3, -0.25) is 9.59 Å². The predicted molar refractivity (Wildman–Crippen MR) is 101 cm³/mol. The van der Waals surface area contributed by atoms with Crippen molar-refractivity contribution in [3.63, 3.8) is 0 Å². The van der Waals surface area contributed by atoms with E-state index in [1.807, 2.05) is 71.5 Å². The molecule has 0 spiro atoms. The molecule has 3 rings (SSSR count). The maximum absolute atomic E-state index is 13.0. The minimum atomic E-state index is -0.551. The number of nitrogens with zero attached hydrogens (tertiary/aromatic N) is 2. The van der Waals surface area contributed by atoms with Gasteiger partial charge in [-0.2, -0.15) is 0 Å². The van der Waals surface area contributed by atoms with E-state index in [2.05, 4.69) is 0 Å². The zero-order valence-electron chi connectivity index (χ0n) is 14.8. The van der Waals surface area contributed by atoms with E-state index in [1.165, 1.54) is 0 Å². The molecule has 0 radical (unpaired) electrons. The zero-order chi connectivity index (χ0) is 17.9. The summed E-state index contributed by atoms with van der Waals surface area (Å²) in [6.07, 6.45) is 0.459. The smallest absolute Gasteiger partial charge is 0.232 e. The highest BCUT2D eigenvalue weighted by Crippen LogP contribution is 2.26. The van der Waals surface area contributed by atoms with E-state index in [9.17, 15) is 9.59 Å². The number of piperazine rings is 1. The fraction of sp³-hybridized carbons (Fsp3) is 0.400. The molecule has 0 bridgehead atoms. The van der Waals surface area contributed by atoms with E-state index < -0.39 is 5.41 Å². The molecule has 25 heavy (non-hydrogen) atoms. The van der Waals surface area contributed by atoms with Crippen LogP contribution in [-0.2, 0) is 21.4 Å². The highest BCUT2D eigenvalue weighted by atomic mass is 32.1. The number of carbonyl (C=O) groups excluding carboxylic acids is 2. The van der Waals surface area contributed by atoms with Gasteiger partial charge in [-0.15, -0.1) is 11.3 Å². The first-order valence-corrected chi connectivity index (χ1v) is 9.51. The number of thiophene rings is 1. The zero-order valence-corrected chi connectivity index (χ0v) is 15.6. The van der Waals surface area contributed by atoms with Crippen molar-refractivity contribution in [3.8, 4) is 0 Å². The van der Waals surface area contributed by atoms with Gasteiger partial charge in [0.05, 0.1) is 11.8 Å². The summed E-state index contributed by atoms with van der Waals surface area (Å²) in [7, 11) is 0. The highest BCUT2D eigenvalue weighted by molar-refractivity contribution is 7.10. The largest absolute Gasteiger partial charge is 0.339 e. The van der Waals surface area contributed by atoms with Crippen LogP contribution in [0.3, 0.4) is 0 Å². The topological polar surface area (TPSA) is 40.6 Å². The fourth-order valence-corrected chi connectivity index (χ4v) is 3.90. The Balaban J connectivity index is 1.58. The van der Waals surface area contributed by atoms with Gasteiger partial charge in [0, 0.05) is 31.1 Å². The van der Waals surface area contributed by atoms with Gasteiger partial charge < -0.3 is 9.80 Å². The summed E-state index contributed by atoms with van der Waals surface area (Å²) in [5.41, 5.74) is 0.473. The number of amides is 2. The lowest BCUT2D eigenvalue weighted by Crippen LogP contribution is -2.54. The van der Waals surface area contributed by atoms with Gasteiger partial charge in [0.25, 0.3) is 0 Å². The predicted octanol–water partition coefficient (Wildman–Crippen LogP) is 2.94. The van der Waals surface area contributed by atoms with Crippen molar-refractivity contribution >= 4 is 23.2 Å². The van der Waals surface area contributed by atoms with Gasteiger partial charge in [-0.25, -0.2) is 0 Å². The van der Waals surface area contributed by atoms with E-state index in [1.54, 1.807) is 11.3 Å². The number of hydrogen-bond donors (Lipinski definition) is 0. The van der Waals surface area contributed by atoms with E-state index in [0.29, 0.717) is 32.6 Å². The van der Waals surface area contributed by atoms with Crippen LogP contribution >= 0.6 is 11.3 Å². The van der Waals surface area contributed by atoms with Gasteiger partial charge >= 0.3 is 0 Å². The quantitative estimate of drug-likeness (QED) is 0.845. The van der Waals surface area contributed by atoms with Crippen molar-refractivity contribution in [1.29, 1.82) is 0 Å². The Bertz CT molecular complexity index is 717. The molecular weight excluding hydrogens is 332 g/mol. The SMILES string of the molecule is CC(C)(C(=O)N1CCN(C(=O)Cc2cccs2)CC1)c1ccccc1. The molecule has 1 aliphatic heterocycles. The van der Waals surface area contributed by atoms with Gasteiger partial charge in [-0.05, 0) is 30.9 Å². The summed E-state index contributed by atoms with van der Waals surface area (Å²) >= 11 is 1.61. The maximum atomic E-state index is 13.0. The van der Waals surface area contributed by atoms with E-state index in [0.717, 1.165) is 10.4 Å². The lowest BCUT2D eigenvalue weighted by molar-refractivity contribution is -0.142. The van der Waals surface area contributed by atoms with Crippen LogP contribution in [0.4, 0.5) is 0 Å². The molecule has 0 atom stereocenters. The molecule has 5 heteroatoms. The molecule has 2 aromatic rings. The third-order valence-electron chi connectivity index (χ3n) is 4.86. The van der Waals surface area contributed by atoms with Crippen molar-refractivity contribution in [2.45, 2.75) is 25.7 Å². The third-order valence-corrected chi connectivity index (χ3v) is 5.73. The number of carbonyl (C=O) groups is 2. The first-order valence-electron chi connectivity index (χ1n) is 8.63. The Morgan fingerprint density at radius 3 is 2.20 bits per heavy atom. The van der Waals surface area contributed by atoms with Gasteiger partial charge in [-0.1, -0.05) is 36.4 Å². The number of rotatable bonds is 4. The molecule has 1 aromatic carbocycles. The van der Waals surface area contributed by atoms with Crippen LogP contribution < -0.4 is 0 Å². The summed E-state index contributed by atoms with van der Waals surface area (Å²) in [6.45, 7) is 6.37. The van der Waals surface area contributed by atoms with Crippen LogP contribution in [0.1, 0.15) is 24.3 Å². The standard InChI is InChI=1S/C20H24N2O2S/c1-20(2,16-7-4-3-5-8-16)19(24)22-12-10-21(11-13-22)18(23)15-17-9-6-14-25-17/h3-9,14H,10-13,15H2,1-2H3. The molecule has 2 heterocycles. The average Bonchev–Trinajstić information content (AvgIpc) is 3.15. The second kappa shape index (κ2) is 7.40. The Hall–Kier alpha value is -2.14. The van der Waals surface area contributed by atoms with Crippen LogP contribution in [-0.4, -0.2) is 47.8 Å². The summed E-state index contributed by atoms with van der Waals surface area (Å²) in [6, 6.07) is 13.8. The van der Waals surface area contributed by atoms with Gasteiger partial charge in [0.2, 0.25) is 11.8 Å². The van der Waals surface area contributed by atoms with E-state index in [4.69, 9.17) is 0 Å². The minimum absolute atomic E-state index is 0.129. The fourth-order valence-electron chi connectivity index (χ4n) is 3.21. The van der Waals surface area contributed by atoms with Crippen LogP contribution in [0.5, 0.6) is 0 Å². The Morgan fingerprint density at radius 2 is 1.60 bits per heavy atom. The van der Waals surface area contributed by atoms with Gasteiger partial charge in [0.15, 0.2) is 0 Å². The van der Waals surface area contributed by atoms with E-state index in [-0.39, 0.29) is 11.8 Å². The third kappa shape index (κ3) is 3.93. The Labute approximate surface area is 153 Å². The van der Waals surface area contributed by atoms with Gasteiger partial charge in [0.1, 0.15) is 0 Å². The minimum Gasteiger partial charge on any atom is -0.339 e. The van der Waals surface area contributed by atoms with Crippen LogP contribution in [0.2, 0.25) is 0 Å². The molecule has 0 saturated carbocycles. The van der Waals surface area contributed by atoms with E-state index >= 15 is 0 Å². The molecule has 1 saturated heterocycles. The monoisotopic (exact) mass is 356 g/mol. The average molecular weight is 356 g/mol. The Kier molecular flexibility index (Phi) is 5.23. The van der Waals surface area contributed by atoms with Crippen molar-refractivity contribution in [2.75, 3.05) is 26.2 Å². The number of benzene rings is 1. The first-order chi connectivity index (χ1) is 12.0. The van der Waals surface area contributed by atoms with Crippen LogP contribution in [0, 0.1) is 0 Å². The van der Waals surface area contributed by atoms with Crippen molar-refractivity contribution in [2.24, 2.45) is 0 Å². The molecule has 0 unspecified atom stereocenters. The summed E-state index contributed by atoms with van der Waals surface area (Å²) in [5, 5.41) is 1.99. The van der Waals surface area contributed by atoms with Crippen LogP contribution in [0.25, 0.3) is 0 Å².